The van der Waals surface area contributed by atoms with Gasteiger partial charge in [0.15, 0.2) is 10.8 Å². The SMILES string of the molecule is CC1CCc2nc(NC(=O)c3cnn(-c4cccc(Cl)c4)c3C(F)(F)F)sc2C1. The summed E-state index contributed by atoms with van der Waals surface area (Å²) in [5.74, 6) is -0.371. The number of carbonyl (C=O) groups excluding carboxylic acids is 1. The van der Waals surface area contributed by atoms with Crippen LogP contribution >= 0.6 is 22.9 Å². The summed E-state index contributed by atoms with van der Waals surface area (Å²) in [4.78, 5) is 18.1. The number of halogens is 4. The minimum absolute atomic E-state index is 0.113. The Morgan fingerprint density at radius 3 is 2.90 bits per heavy atom. The van der Waals surface area contributed by atoms with Gasteiger partial charge in [0, 0.05) is 9.90 Å². The molecule has 29 heavy (non-hydrogen) atoms. The van der Waals surface area contributed by atoms with E-state index >= 15 is 0 Å². The van der Waals surface area contributed by atoms with Gasteiger partial charge in [-0.2, -0.15) is 18.3 Å². The molecule has 3 aromatic rings. The molecule has 0 fully saturated rings. The van der Waals surface area contributed by atoms with Gasteiger partial charge in [0.2, 0.25) is 0 Å². The molecule has 1 amide bonds. The minimum atomic E-state index is -4.79. The maximum atomic E-state index is 13.8. The first kappa shape index (κ1) is 19.9. The summed E-state index contributed by atoms with van der Waals surface area (Å²) in [7, 11) is 0. The van der Waals surface area contributed by atoms with Crippen molar-refractivity contribution in [3.8, 4) is 5.69 Å². The van der Waals surface area contributed by atoms with Gasteiger partial charge in [0.1, 0.15) is 0 Å². The van der Waals surface area contributed by atoms with Gasteiger partial charge < -0.3 is 0 Å². The molecule has 1 unspecified atom stereocenters. The average Bonchev–Trinajstić information content (AvgIpc) is 3.24. The fraction of sp³-hybridized carbons (Fsp3) is 0.316. The van der Waals surface area contributed by atoms with Gasteiger partial charge in [-0.3, -0.25) is 10.1 Å². The van der Waals surface area contributed by atoms with E-state index in [0.717, 1.165) is 36.0 Å². The first-order valence-corrected chi connectivity index (χ1v) is 10.1. The van der Waals surface area contributed by atoms with Crippen molar-refractivity contribution in [2.24, 2.45) is 5.92 Å². The number of fused-ring (bicyclic) bond motifs is 1. The number of thiazole rings is 1. The fourth-order valence-corrected chi connectivity index (χ4v) is 4.70. The van der Waals surface area contributed by atoms with Crippen LogP contribution in [0.3, 0.4) is 0 Å². The monoisotopic (exact) mass is 440 g/mol. The van der Waals surface area contributed by atoms with Crippen LogP contribution in [0.25, 0.3) is 5.69 Å². The molecule has 0 bridgehead atoms. The number of carbonyl (C=O) groups is 1. The number of hydrogen-bond acceptors (Lipinski definition) is 4. The van der Waals surface area contributed by atoms with E-state index in [-0.39, 0.29) is 10.7 Å². The molecule has 0 spiro atoms. The molecule has 2 aromatic heterocycles. The molecule has 152 valence electrons. The molecule has 1 aliphatic carbocycles. The molecule has 1 aromatic carbocycles. The lowest BCUT2D eigenvalue weighted by atomic mass is 9.93. The van der Waals surface area contributed by atoms with Crippen molar-refractivity contribution in [1.82, 2.24) is 14.8 Å². The van der Waals surface area contributed by atoms with E-state index in [2.05, 4.69) is 22.3 Å². The maximum absolute atomic E-state index is 13.8. The van der Waals surface area contributed by atoms with Gasteiger partial charge in [-0.25, -0.2) is 9.67 Å². The van der Waals surface area contributed by atoms with E-state index in [9.17, 15) is 18.0 Å². The number of anilines is 1. The molecule has 0 radical (unpaired) electrons. The summed E-state index contributed by atoms with van der Waals surface area (Å²) in [6, 6.07) is 5.84. The molecule has 2 heterocycles. The second-order valence-electron chi connectivity index (χ2n) is 6.99. The van der Waals surface area contributed by atoms with Gasteiger partial charge >= 0.3 is 6.18 Å². The van der Waals surface area contributed by atoms with Gasteiger partial charge in [0.25, 0.3) is 5.91 Å². The van der Waals surface area contributed by atoms with Crippen LogP contribution in [-0.4, -0.2) is 20.7 Å². The highest BCUT2D eigenvalue weighted by Gasteiger charge is 2.40. The van der Waals surface area contributed by atoms with E-state index in [0.29, 0.717) is 15.7 Å². The van der Waals surface area contributed by atoms with Gasteiger partial charge in [-0.1, -0.05) is 24.6 Å². The van der Waals surface area contributed by atoms with E-state index in [1.165, 1.54) is 29.5 Å². The summed E-state index contributed by atoms with van der Waals surface area (Å²) < 4.78 is 42.0. The highest BCUT2D eigenvalue weighted by Crippen LogP contribution is 2.36. The third kappa shape index (κ3) is 4.02. The largest absolute Gasteiger partial charge is 0.434 e. The highest BCUT2D eigenvalue weighted by molar-refractivity contribution is 7.15. The first-order chi connectivity index (χ1) is 13.7. The Morgan fingerprint density at radius 2 is 2.17 bits per heavy atom. The van der Waals surface area contributed by atoms with Crippen molar-refractivity contribution in [2.75, 3.05) is 5.32 Å². The summed E-state index contributed by atoms with van der Waals surface area (Å²) in [5, 5.41) is 6.87. The lowest BCUT2D eigenvalue weighted by Gasteiger charge is -2.15. The zero-order chi connectivity index (χ0) is 20.8. The number of benzene rings is 1. The Morgan fingerprint density at radius 1 is 1.38 bits per heavy atom. The van der Waals surface area contributed by atoms with Crippen LogP contribution in [0.2, 0.25) is 5.02 Å². The van der Waals surface area contributed by atoms with Crippen molar-refractivity contribution in [1.29, 1.82) is 0 Å². The Kier molecular flexibility index (Phi) is 5.12. The van der Waals surface area contributed by atoms with Crippen LogP contribution in [0, 0.1) is 5.92 Å². The molecule has 1 atom stereocenters. The number of hydrogen-bond donors (Lipinski definition) is 1. The number of nitrogens with zero attached hydrogens (tertiary/aromatic N) is 3. The van der Waals surface area contributed by atoms with Crippen LogP contribution < -0.4 is 5.32 Å². The molecular formula is C19H16ClF3N4OS. The van der Waals surface area contributed by atoms with Crippen molar-refractivity contribution in [3.63, 3.8) is 0 Å². The number of amides is 1. The molecule has 1 aliphatic rings. The second kappa shape index (κ2) is 7.46. The molecule has 0 saturated heterocycles. The van der Waals surface area contributed by atoms with E-state index in [1.807, 2.05) is 0 Å². The predicted octanol–water partition coefficient (Wildman–Crippen LogP) is 5.38. The lowest BCUT2D eigenvalue weighted by molar-refractivity contribution is -0.143. The minimum Gasteiger partial charge on any atom is -0.298 e. The third-order valence-electron chi connectivity index (χ3n) is 4.74. The fourth-order valence-electron chi connectivity index (χ4n) is 3.35. The Balaban J connectivity index is 1.67. The Labute approximate surface area is 173 Å². The van der Waals surface area contributed by atoms with Gasteiger partial charge in [0.05, 0.1) is 23.1 Å². The van der Waals surface area contributed by atoms with E-state index < -0.39 is 23.3 Å². The number of nitrogens with one attached hydrogen (secondary N) is 1. The summed E-state index contributed by atoms with van der Waals surface area (Å²) in [6.07, 6.45) is -1.20. The Hall–Kier alpha value is -2.39. The predicted molar refractivity (Wildman–Crippen MR) is 105 cm³/mol. The van der Waals surface area contributed by atoms with E-state index in [4.69, 9.17) is 11.6 Å². The van der Waals surface area contributed by atoms with Crippen LogP contribution in [-0.2, 0) is 19.0 Å². The van der Waals surface area contributed by atoms with Crippen molar-refractivity contribution in [3.05, 3.63) is 57.3 Å². The summed E-state index contributed by atoms with van der Waals surface area (Å²) in [5.41, 5.74) is -0.706. The maximum Gasteiger partial charge on any atom is 0.434 e. The number of aromatic nitrogens is 3. The smallest absolute Gasteiger partial charge is 0.298 e. The van der Waals surface area contributed by atoms with Crippen molar-refractivity contribution >= 4 is 34.0 Å². The molecule has 5 nitrogen and oxygen atoms in total. The molecule has 10 heteroatoms. The lowest BCUT2D eigenvalue weighted by Crippen LogP contribution is -2.20. The third-order valence-corrected chi connectivity index (χ3v) is 6.01. The molecule has 0 aliphatic heterocycles. The van der Waals surface area contributed by atoms with E-state index in [1.54, 1.807) is 6.07 Å². The zero-order valence-corrected chi connectivity index (χ0v) is 16.8. The number of aryl methyl sites for hydroxylation is 1. The van der Waals surface area contributed by atoms with Gasteiger partial charge in [-0.05, 0) is 43.4 Å². The molecule has 1 N–H and O–H groups in total. The van der Waals surface area contributed by atoms with Crippen LogP contribution in [0.4, 0.5) is 18.3 Å². The van der Waals surface area contributed by atoms with Crippen LogP contribution in [0.5, 0.6) is 0 Å². The molecule has 4 rings (SSSR count). The normalized spacial score (nSPS) is 16.5. The Bertz CT molecular complexity index is 1080. The van der Waals surface area contributed by atoms with Gasteiger partial charge in [-0.15, -0.1) is 11.3 Å². The summed E-state index contributed by atoms with van der Waals surface area (Å²) in [6.45, 7) is 2.14. The average molecular weight is 441 g/mol. The highest BCUT2D eigenvalue weighted by atomic mass is 35.5. The van der Waals surface area contributed by atoms with Crippen molar-refractivity contribution in [2.45, 2.75) is 32.4 Å². The molecule has 0 saturated carbocycles. The first-order valence-electron chi connectivity index (χ1n) is 8.93. The van der Waals surface area contributed by atoms with Crippen LogP contribution in [0.1, 0.15) is 40.0 Å². The molecular weight excluding hydrogens is 425 g/mol. The zero-order valence-electron chi connectivity index (χ0n) is 15.3. The van der Waals surface area contributed by atoms with Crippen LogP contribution in [0.15, 0.2) is 30.5 Å². The quantitative estimate of drug-likeness (QED) is 0.595. The number of alkyl halides is 3. The van der Waals surface area contributed by atoms with Crippen molar-refractivity contribution < 1.29 is 18.0 Å². The second-order valence-corrected chi connectivity index (χ2v) is 8.51. The summed E-state index contributed by atoms with van der Waals surface area (Å²) >= 11 is 7.20. The topological polar surface area (TPSA) is 59.8 Å². The standard InChI is InChI=1S/C19H16ClF3N4OS/c1-10-5-6-14-15(7-10)29-18(25-14)26-17(28)13-9-24-27(16(13)19(21,22)23)12-4-2-3-11(20)8-12/h2-4,8-10H,5-7H2,1H3,(H,25,26,28). The number of rotatable bonds is 3.